The van der Waals surface area contributed by atoms with Crippen LogP contribution in [-0.2, 0) is 9.59 Å². The Morgan fingerprint density at radius 2 is 1.25 bits per heavy atom. The van der Waals surface area contributed by atoms with Gasteiger partial charge in [0, 0.05) is 6.54 Å². The van der Waals surface area contributed by atoms with Gasteiger partial charge in [-0.25, -0.2) is 4.79 Å². The smallest absolute Gasteiger partial charge is 0.335 e. The Morgan fingerprint density at radius 1 is 0.792 bits per heavy atom. The SMILES string of the molecule is CCCCCCCCCCNC(=O)[C@@H](O)[C@H](O)[C@@H](O)[C@@H](O)C(=O)O. The van der Waals surface area contributed by atoms with Gasteiger partial charge in [0.2, 0.25) is 0 Å². The first-order chi connectivity index (χ1) is 11.3. The largest absolute Gasteiger partial charge is 0.479 e. The van der Waals surface area contributed by atoms with Crippen molar-refractivity contribution >= 4 is 11.9 Å². The Balaban J connectivity index is 3.88. The Bertz CT molecular complexity index is 364. The van der Waals surface area contributed by atoms with E-state index in [0.29, 0.717) is 6.54 Å². The number of carbonyl (C=O) groups is 2. The quantitative estimate of drug-likeness (QED) is 0.237. The first-order valence-corrected chi connectivity index (χ1v) is 8.55. The summed E-state index contributed by atoms with van der Waals surface area (Å²) in [5.74, 6) is -2.67. The summed E-state index contributed by atoms with van der Waals surface area (Å²) < 4.78 is 0. The number of aliphatic hydroxyl groups excluding tert-OH is 4. The fourth-order valence-electron chi connectivity index (χ4n) is 2.25. The van der Waals surface area contributed by atoms with Crippen LogP contribution in [0.2, 0.25) is 0 Å². The maximum absolute atomic E-state index is 11.6. The zero-order chi connectivity index (χ0) is 18.5. The number of nitrogens with one attached hydrogen (secondary N) is 1. The maximum atomic E-state index is 11.6. The number of aliphatic hydroxyl groups is 4. The number of carboxylic acids is 1. The fraction of sp³-hybridized carbons (Fsp3) is 0.875. The average Bonchev–Trinajstić information content (AvgIpc) is 2.57. The van der Waals surface area contributed by atoms with Crippen LogP contribution in [0.15, 0.2) is 0 Å². The van der Waals surface area contributed by atoms with E-state index >= 15 is 0 Å². The first kappa shape index (κ1) is 22.8. The van der Waals surface area contributed by atoms with Gasteiger partial charge in [0.15, 0.2) is 12.2 Å². The Kier molecular flexibility index (Phi) is 12.4. The second-order valence-electron chi connectivity index (χ2n) is 5.97. The van der Waals surface area contributed by atoms with Gasteiger partial charge in [-0.2, -0.15) is 0 Å². The third-order valence-corrected chi connectivity index (χ3v) is 3.85. The van der Waals surface area contributed by atoms with Crippen LogP contribution in [0.25, 0.3) is 0 Å². The average molecular weight is 349 g/mol. The van der Waals surface area contributed by atoms with E-state index in [1.807, 2.05) is 0 Å². The zero-order valence-electron chi connectivity index (χ0n) is 14.2. The summed E-state index contributed by atoms with van der Waals surface area (Å²) in [5.41, 5.74) is 0. The highest BCUT2D eigenvalue weighted by molar-refractivity contribution is 5.81. The van der Waals surface area contributed by atoms with Gasteiger partial charge < -0.3 is 30.8 Å². The molecule has 0 saturated heterocycles. The lowest BCUT2D eigenvalue weighted by Gasteiger charge is -2.23. The number of carboxylic acid groups (broad SMARTS) is 1. The third kappa shape index (κ3) is 9.17. The molecule has 0 fully saturated rings. The van der Waals surface area contributed by atoms with Crippen molar-refractivity contribution in [3.05, 3.63) is 0 Å². The normalized spacial score (nSPS) is 16.2. The molecule has 8 nitrogen and oxygen atoms in total. The van der Waals surface area contributed by atoms with E-state index in [1.54, 1.807) is 0 Å². The van der Waals surface area contributed by atoms with E-state index < -0.39 is 36.3 Å². The van der Waals surface area contributed by atoms with Gasteiger partial charge in [0.05, 0.1) is 0 Å². The molecule has 0 aromatic rings. The molecule has 4 atom stereocenters. The van der Waals surface area contributed by atoms with Crippen LogP contribution in [0.3, 0.4) is 0 Å². The molecule has 1 amide bonds. The monoisotopic (exact) mass is 349 g/mol. The topological polar surface area (TPSA) is 147 Å². The van der Waals surface area contributed by atoms with Crippen LogP contribution >= 0.6 is 0 Å². The number of rotatable bonds is 14. The third-order valence-electron chi connectivity index (χ3n) is 3.85. The second-order valence-corrected chi connectivity index (χ2v) is 5.97. The van der Waals surface area contributed by atoms with Crippen LogP contribution in [0.1, 0.15) is 58.3 Å². The number of amides is 1. The summed E-state index contributed by atoms with van der Waals surface area (Å²) in [7, 11) is 0. The second kappa shape index (κ2) is 13.1. The molecule has 0 bridgehead atoms. The summed E-state index contributed by atoms with van der Waals surface area (Å²) in [6, 6.07) is 0. The van der Waals surface area contributed by atoms with Crippen LogP contribution in [-0.4, -0.2) is 68.4 Å². The number of aliphatic carboxylic acids is 1. The first-order valence-electron chi connectivity index (χ1n) is 8.55. The molecule has 0 rings (SSSR count). The molecule has 0 aromatic carbocycles. The van der Waals surface area contributed by atoms with Crippen molar-refractivity contribution in [2.45, 2.75) is 82.7 Å². The lowest BCUT2D eigenvalue weighted by molar-refractivity contribution is -0.166. The fourth-order valence-corrected chi connectivity index (χ4v) is 2.25. The van der Waals surface area contributed by atoms with Crippen molar-refractivity contribution in [3.63, 3.8) is 0 Å². The van der Waals surface area contributed by atoms with Crippen molar-refractivity contribution in [3.8, 4) is 0 Å². The molecule has 0 aromatic heterocycles. The molecule has 0 radical (unpaired) electrons. The van der Waals surface area contributed by atoms with Gasteiger partial charge >= 0.3 is 5.97 Å². The molecule has 6 N–H and O–H groups in total. The summed E-state index contributed by atoms with van der Waals surface area (Å²) >= 11 is 0. The van der Waals surface area contributed by atoms with Gasteiger partial charge in [-0.15, -0.1) is 0 Å². The predicted molar refractivity (Wildman–Crippen MR) is 87.3 cm³/mol. The lowest BCUT2D eigenvalue weighted by atomic mass is 10.0. The molecular formula is C16H31NO7. The Labute approximate surface area is 142 Å². The van der Waals surface area contributed by atoms with Crippen molar-refractivity contribution in [2.24, 2.45) is 0 Å². The molecular weight excluding hydrogens is 318 g/mol. The Morgan fingerprint density at radius 3 is 1.75 bits per heavy atom. The summed E-state index contributed by atoms with van der Waals surface area (Å²) in [6.07, 6.45) is 0.226. The van der Waals surface area contributed by atoms with Crippen molar-refractivity contribution in [1.82, 2.24) is 5.32 Å². The number of carbonyl (C=O) groups excluding carboxylic acids is 1. The molecule has 0 spiro atoms. The molecule has 0 aliphatic heterocycles. The molecule has 0 unspecified atom stereocenters. The summed E-state index contributed by atoms with van der Waals surface area (Å²) in [4.78, 5) is 22.1. The van der Waals surface area contributed by atoms with E-state index in [1.165, 1.54) is 25.7 Å². The van der Waals surface area contributed by atoms with Gasteiger partial charge in [-0.3, -0.25) is 4.79 Å². The van der Waals surface area contributed by atoms with E-state index in [2.05, 4.69) is 12.2 Å². The van der Waals surface area contributed by atoms with E-state index in [9.17, 15) is 24.9 Å². The minimum absolute atomic E-state index is 0.315. The van der Waals surface area contributed by atoms with E-state index in [-0.39, 0.29) is 0 Å². The van der Waals surface area contributed by atoms with Gasteiger partial charge in [0.25, 0.3) is 5.91 Å². The molecule has 24 heavy (non-hydrogen) atoms. The van der Waals surface area contributed by atoms with Crippen LogP contribution < -0.4 is 5.32 Å². The highest BCUT2D eigenvalue weighted by Gasteiger charge is 2.37. The van der Waals surface area contributed by atoms with E-state index in [0.717, 1.165) is 25.7 Å². The van der Waals surface area contributed by atoms with Crippen molar-refractivity contribution in [1.29, 1.82) is 0 Å². The maximum Gasteiger partial charge on any atom is 0.335 e. The van der Waals surface area contributed by atoms with Crippen molar-refractivity contribution in [2.75, 3.05) is 6.54 Å². The highest BCUT2D eigenvalue weighted by Crippen LogP contribution is 2.08. The van der Waals surface area contributed by atoms with Gasteiger partial charge in [-0.05, 0) is 6.42 Å². The van der Waals surface area contributed by atoms with Crippen LogP contribution in [0, 0.1) is 0 Å². The zero-order valence-corrected chi connectivity index (χ0v) is 14.2. The van der Waals surface area contributed by atoms with E-state index in [4.69, 9.17) is 10.2 Å². The standard InChI is InChI=1S/C16H31NO7/c1-2-3-4-5-6-7-8-9-10-17-15(22)13(20)11(18)12(19)14(21)16(23)24/h11-14,18-21H,2-10H2,1H3,(H,17,22)(H,23,24)/t11-,12-,13+,14-/m1/s1. The highest BCUT2D eigenvalue weighted by atomic mass is 16.4. The summed E-state index contributed by atoms with van der Waals surface area (Å²) in [6.45, 7) is 2.48. The molecule has 0 heterocycles. The molecule has 0 aliphatic rings. The number of unbranched alkanes of at least 4 members (excludes halogenated alkanes) is 7. The molecule has 0 saturated carbocycles. The lowest BCUT2D eigenvalue weighted by Crippen LogP contribution is -2.52. The minimum Gasteiger partial charge on any atom is -0.479 e. The van der Waals surface area contributed by atoms with Gasteiger partial charge in [0.1, 0.15) is 12.2 Å². The van der Waals surface area contributed by atoms with Crippen LogP contribution in [0.4, 0.5) is 0 Å². The predicted octanol–water partition coefficient (Wildman–Crippen LogP) is -0.228. The molecule has 8 heteroatoms. The van der Waals surface area contributed by atoms with Crippen LogP contribution in [0.5, 0.6) is 0 Å². The molecule has 142 valence electrons. The molecule has 0 aliphatic carbocycles. The number of hydrogen-bond donors (Lipinski definition) is 6. The minimum atomic E-state index is -2.28. The Hall–Kier alpha value is -1.22. The number of hydrogen-bond acceptors (Lipinski definition) is 6. The van der Waals surface area contributed by atoms with Gasteiger partial charge in [-0.1, -0.05) is 51.9 Å². The summed E-state index contributed by atoms with van der Waals surface area (Å²) in [5, 5.41) is 48.5. The van der Waals surface area contributed by atoms with Crippen molar-refractivity contribution < 1.29 is 35.1 Å².